The largest absolute Gasteiger partial charge is 0.393 e. The molecule has 1 saturated heterocycles. The quantitative estimate of drug-likeness (QED) is 0.916. The van der Waals surface area contributed by atoms with E-state index < -0.39 is 0 Å². The minimum Gasteiger partial charge on any atom is -0.393 e. The molecule has 0 bridgehead atoms. The van der Waals surface area contributed by atoms with E-state index in [1.165, 1.54) is 0 Å². The summed E-state index contributed by atoms with van der Waals surface area (Å²) in [6.45, 7) is 1.52. The highest BCUT2D eigenvalue weighted by atomic mass is 16.5. The number of hydrogen-bond donors (Lipinski definition) is 1. The number of rotatable bonds is 3. The van der Waals surface area contributed by atoms with Gasteiger partial charge in [0.15, 0.2) is 0 Å². The summed E-state index contributed by atoms with van der Waals surface area (Å²) >= 11 is 0. The smallest absolute Gasteiger partial charge is 0.258 e. The molecule has 2 aromatic rings. The maximum atomic E-state index is 12.3. The van der Waals surface area contributed by atoms with Crippen molar-refractivity contribution in [2.24, 2.45) is 0 Å². The number of methoxy groups -OCH3 is 1. The number of hydrogen-bond acceptors (Lipinski definition) is 5. The van der Waals surface area contributed by atoms with E-state index >= 15 is 0 Å². The summed E-state index contributed by atoms with van der Waals surface area (Å²) in [4.78, 5) is 19.2. The van der Waals surface area contributed by atoms with Gasteiger partial charge in [-0.05, 0) is 37.8 Å². The third-order valence-corrected chi connectivity index (χ3v) is 5.66. The second-order valence-electron chi connectivity index (χ2n) is 6.95. The van der Waals surface area contributed by atoms with E-state index in [1.807, 2.05) is 18.2 Å². The molecule has 0 spiro atoms. The minimum absolute atomic E-state index is 0.0588. The topological polar surface area (TPSA) is 67.1 Å². The highest BCUT2D eigenvalue weighted by Crippen LogP contribution is 2.42. The van der Waals surface area contributed by atoms with Gasteiger partial charge in [-0.1, -0.05) is 6.07 Å². The summed E-state index contributed by atoms with van der Waals surface area (Å²) < 4.78 is 7.43. The number of fused-ring (bicyclic) bond motifs is 2. The van der Waals surface area contributed by atoms with E-state index in [0.29, 0.717) is 12.2 Å². The first-order valence-corrected chi connectivity index (χ1v) is 8.56. The Balaban J connectivity index is 1.62. The second kappa shape index (κ2) is 5.95. The van der Waals surface area contributed by atoms with Gasteiger partial charge in [-0.3, -0.25) is 14.1 Å². The van der Waals surface area contributed by atoms with Crippen LogP contribution >= 0.6 is 0 Å². The average Bonchev–Trinajstić information content (AvgIpc) is 2.94. The van der Waals surface area contributed by atoms with Gasteiger partial charge in [-0.15, -0.1) is 0 Å². The van der Waals surface area contributed by atoms with E-state index in [9.17, 15) is 9.90 Å². The molecule has 0 unspecified atom stereocenters. The molecule has 2 fully saturated rings. The van der Waals surface area contributed by atoms with Gasteiger partial charge in [0.2, 0.25) is 0 Å². The molecule has 4 rings (SSSR count). The van der Waals surface area contributed by atoms with Crippen molar-refractivity contribution in [3.05, 3.63) is 46.5 Å². The molecule has 1 aliphatic carbocycles. The van der Waals surface area contributed by atoms with Crippen LogP contribution in [0, 0.1) is 0 Å². The molecule has 1 N–H and O–H groups in total. The molecule has 3 heterocycles. The van der Waals surface area contributed by atoms with Crippen molar-refractivity contribution in [2.45, 2.75) is 50.0 Å². The second-order valence-corrected chi connectivity index (χ2v) is 6.95. The lowest BCUT2D eigenvalue weighted by Gasteiger charge is -2.42. The zero-order chi connectivity index (χ0) is 16.7. The van der Waals surface area contributed by atoms with Crippen molar-refractivity contribution >= 4 is 5.65 Å². The lowest BCUT2D eigenvalue weighted by Crippen LogP contribution is -2.51. The van der Waals surface area contributed by atoms with E-state index in [2.05, 4.69) is 9.88 Å². The zero-order valence-electron chi connectivity index (χ0n) is 13.9. The van der Waals surface area contributed by atoms with Crippen LogP contribution in [0.2, 0.25) is 0 Å². The van der Waals surface area contributed by atoms with Crippen molar-refractivity contribution in [3.63, 3.8) is 0 Å². The summed E-state index contributed by atoms with van der Waals surface area (Å²) in [6, 6.07) is 7.35. The fraction of sp³-hybridized carbons (Fsp3) is 0.556. The standard InChI is InChI=1S/C18H23N3O3/c1-24-18-6-5-14(22)11-15(18)20(9-7-18)12-13-10-17(23)21-8-3-2-4-16(21)19-13/h2-4,8,10,14-15,22H,5-7,9,11-12H2,1H3/t14-,15+,18-/m1/s1. The molecule has 3 atom stereocenters. The van der Waals surface area contributed by atoms with Gasteiger partial charge >= 0.3 is 0 Å². The molecule has 6 nitrogen and oxygen atoms in total. The van der Waals surface area contributed by atoms with Crippen LogP contribution in [0.3, 0.4) is 0 Å². The molecule has 2 aromatic heterocycles. The number of likely N-dealkylation sites (tertiary alicyclic amines) is 1. The van der Waals surface area contributed by atoms with E-state index in [0.717, 1.165) is 37.9 Å². The predicted octanol–water partition coefficient (Wildman–Crippen LogP) is 1.20. The van der Waals surface area contributed by atoms with Gasteiger partial charge < -0.3 is 9.84 Å². The fourth-order valence-electron chi connectivity index (χ4n) is 4.35. The van der Waals surface area contributed by atoms with Gasteiger partial charge in [-0.2, -0.15) is 0 Å². The van der Waals surface area contributed by atoms with Gasteiger partial charge in [0.25, 0.3) is 5.56 Å². The van der Waals surface area contributed by atoms with Crippen LogP contribution in [-0.4, -0.2) is 50.8 Å². The average molecular weight is 329 g/mol. The van der Waals surface area contributed by atoms with Crippen LogP contribution in [0.1, 0.15) is 31.4 Å². The van der Waals surface area contributed by atoms with Crippen LogP contribution in [0.5, 0.6) is 0 Å². The van der Waals surface area contributed by atoms with Gasteiger partial charge in [0.05, 0.1) is 17.4 Å². The Bertz CT molecular complexity index is 805. The third kappa shape index (κ3) is 2.55. The maximum Gasteiger partial charge on any atom is 0.258 e. The predicted molar refractivity (Wildman–Crippen MR) is 89.9 cm³/mol. The van der Waals surface area contributed by atoms with Gasteiger partial charge in [-0.25, -0.2) is 4.98 Å². The van der Waals surface area contributed by atoms with Gasteiger partial charge in [0.1, 0.15) is 5.65 Å². The highest BCUT2D eigenvalue weighted by molar-refractivity contribution is 5.38. The van der Waals surface area contributed by atoms with Crippen molar-refractivity contribution < 1.29 is 9.84 Å². The summed E-state index contributed by atoms with van der Waals surface area (Å²) in [6.07, 6.45) is 4.84. The lowest BCUT2D eigenvalue weighted by molar-refractivity contribution is -0.0880. The number of nitrogens with zero attached hydrogens (tertiary/aromatic N) is 3. The van der Waals surface area contributed by atoms with Gasteiger partial charge in [0, 0.05) is 38.5 Å². The van der Waals surface area contributed by atoms with Crippen molar-refractivity contribution in [3.8, 4) is 0 Å². The van der Waals surface area contributed by atoms with Crippen molar-refractivity contribution in [2.75, 3.05) is 13.7 Å². The molecule has 24 heavy (non-hydrogen) atoms. The molecule has 1 saturated carbocycles. The number of aliphatic hydroxyl groups is 1. The number of pyridine rings is 1. The monoisotopic (exact) mass is 329 g/mol. The first-order valence-electron chi connectivity index (χ1n) is 8.56. The minimum atomic E-state index is -0.269. The number of aromatic nitrogens is 2. The van der Waals surface area contributed by atoms with Crippen molar-refractivity contribution in [1.29, 1.82) is 0 Å². The number of ether oxygens (including phenoxy) is 1. The summed E-state index contributed by atoms with van der Waals surface area (Å²) in [5.74, 6) is 0. The molecule has 0 aromatic carbocycles. The van der Waals surface area contributed by atoms with Crippen molar-refractivity contribution in [1.82, 2.24) is 14.3 Å². The highest BCUT2D eigenvalue weighted by Gasteiger charge is 2.50. The van der Waals surface area contributed by atoms with Crippen LogP contribution < -0.4 is 5.56 Å². The van der Waals surface area contributed by atoms with E-state index in [4.69, 9.17) is 4.74 Å². The van der Waals surface area contributed by atoms with E-state index in [-0.39, 0.29) is 23.3 Å². The van der Waals surface area contributed by atoms with Crippen LogP contribution in [0.25, 0.3) is 5.65 Å². The summed E-state index contributed by atoms with van der Waals surface area (Å²) in [5.41, 5.74) is 1.22. The lowest BCUT2D eigenvalue weighted by atomic mass is 9.79. The molecule has 6 heteroatoms. The Morgan fingerprint density at radius 1 is 1.42 bits per heavy atom. The molecule has 128 valence electrons. The summed E-state index contributed by atoms with van der Waals surface area (Å²) in [7, 11) is 1.77. The Hall–Kier alpha value is -1.76. The molecular formula is C18H23N3O3. The molecule has 2 aliphatic rings. The Morgan fingerprint density at radius 2 is 2.29 bits per heavy atom. The molecule has 0 radical (unpaired) electrons. The summed E-state index contributed by atoms with van der Waals surface area (Å²) in [5, 5.41) is 10.1. The third-order valence-electron chi connectivity index (χ3n) is 5.66. The van der Waals surface area contributed by atoms with E-state index in [1.54, 1.807) is 23.8 Å². The fourth-order valence-corrected chi connectivity index (χ4v) is 4.35. The Morgan fingerprint density at radius 3 is 3.12 bits per heavy atom. The SMILES string of the molecule is CO[C@@]12CC[C@@H](O)C[C@@H]1N(Cc1cc(=O)n3ccccc3n1)CC2. The molecule has 0 amide bonds. The number of aliphatic hydroxyl groups excluding tert-OH is 1. The maximum absolute atomic E-state index is 12.3. The molecule has 1 aliphatic heterocycles. The Kier molecular flexibility index (Phi) is 3.90. The van der Waals surface area contributed by atoms with Crippen LogP contribution in [0.4, 0.5) is 0 Å². The van der Waals surface area contributed by atoms with Crippen LogP contribution in [-0.2, 0) is 11.3 Å². The first-order chi connectivity index (χ1) is 11.6. The first kappa shape index (κ1) is 15.7. The van der Waals surface area contributed by atoms with Crippen LogP contribution in [0.15, 0.2) is 35.3 Å². The molecular weight excluding hydrogens is 306 g/mol. The normalized spacial score (nSPS) is 30.6. The zero-order valence-corrected chi connectivity index (χ0v) is 13.9. The Labute approximate surface area is 140 Å².